The van der Waals surface area contributed by atoms with Crippen LogP contribution in [0.25, 0.3) is 0 Å². The van der Waals surface area contributed by atoms with Gasteiger partial charge in [-0.1, -0.05) is 13.8 Å². The molecule has 0 aliphatic rings. The minimum Gasteiger partial charge on any atom is -0.330 e. The molecule has 0 radical (unpaired) electrons. The summed E-state index contributed by atoms with van der Waals surface area (Å²) in [7, 11) is 4.26. The first kappa shape index (κ1) is 12.9. The Labute approximate surface area is 83.5 Å². The molecular weight excluding hydrogens is 160 g/mol. The van der Waals surface area contributed by atoms with Gasteiger partial charge in [0.1, 0.15) is 0 Å². The van der Waals surface area contributed by atoms with Gasteiger partial charge in [0, 0.05) is 5.54 Å². The predicted octanol–water partition coefficient (Wildman–Crippen LogP) is 2.09. The summed E-state index contributed by atoms with van der Waals surface area (Å²) in [4.78, 5) is 2.27. The van der Waals surface area contributed by atoms with Gasteiger partial charge in [0.05, 0.1) is 0 Å². The first-order valence-corrected chi connectivity index (χ1v) is 5.15. The SMILES string of the molecule is CCC(C)(CN)CC(C)(C)N(C)C. The van der Waals surface area contributed by atoms with Crippen molar-refractivity contribution in [2.75, 3.05) is 20.6 Å². The number of nitrogens with zero attached hydrogens (tertiary/aromatic N) is 1. The van der Waals surface area contributed by atoms with E-state index in [2.05, 4.69) is 46.7 Å². The predicted molar refractivity (Wildman–Crippen MR) is 59.8 cm³/mol. The van der Waals surface area contributed by atoms with Crippen LogP contribution in [0.4, 0.5) is 0 Å². The lowest BCUT2D eigenvalue weighted by Gasteiger charge is -2.40. The minimum atomic E-state index is 0.240. The van der Waals surface area contributed by atoms with E-state index in [1.54, 1.807) is 0 Å². The Morgan fingerprint density at radius 2 is 1.62 bits per heavy atom. The van der Waals surface area contributed by atoms with Crippen molar-refractivity contribution in [2.24, 2.45) is 11.1 Å². The van der Waals surface area contributed by atoms with Gasteiger partial charge in [0.25, 0.3) is 0 Å². The van der Waals surface area contributed by atoms with Gasteiger partial charge in [-0.05, 0) is 52.7 Å². The van der Waals surface area contributed by atoms with Crippen molar-refractivity contribution in [3.8, 4) is 0 Å². The zero-order valence-corrected chi connectivity index (χ0v) is 10.1. The molecule has 0 aromatic heterocycles. The van der Waals surface area contributed by atoms with Gasteiger partial charge in [-0.3, -0.25) is 0 Å². The summed E-state index contributed by atoms with van der Waals surface area (Å²) < 4.78 is 0. The molecular formula is C11H26N2. The van der Waals surface area contributed by atoms with Crippen LogP contribution in [-0.4, -0.2) is 31.1 Å². The quantitative estimate of drug-likeness (QED) is 0.712. The summed E-state index contributed by atoms with van der Waals surface area (Å²) in [5, 5.41) is 0. The molecule has 0 amide bonds. The fourth-order valence-corrected chi connectivity index (χ4v) is 1.54. The summed E-state index contributed by atoms with van der Waals surface area (Å²) in [6.45, 7) is 9.82. The zero-order valence-electron chi connectivity index (χ0n) is 10.1. The van der Waals surface area contributed by atoms with Gasteiger partial charge in [0.15, 0.2) is 0 Å². The Bertz CT molecular complexity index is 143. The van der Waals surface area contributed by atoms with E-state index in [-0.39, 0.29) is 11.0 Å². The summed E-state index contributed by atoms with van der Waals surface area (Å²) in [5.74, 6) is 0. The van der Waals surface area contributed by atoms with Crippen molar-refractivity contribution in [3.05, 3.63) is 0 Å². The number of hydrogen-bond acceptors (Lipinski definition) is 2. The van der Waals surface area contributed by atoms with Crippen LogP contribution in [0.15, 0.2) is 0 Å². The summed E-state index contributed by atoms with van der Waals surface area (Å²) in [6.07, 6.45) is 2.31. The van der Waals surface area contributed by atoms with Crippen molar-refractivity contribution in [1.82, 2.24) is 4.90 Å². The fourth-order valence-electron chi connectivity index (χ4n) is 1.54. The van der Waals surface area contributed by atoms with Crippen LogP contribution in [-0.2, 0) is 0 Å². The molecule has 2 N–H and O–H groups in total. The van der Waals surface area contributed by atoms with Gasteiger partial charge in [-0.2, -0.15) is 0 Å². The monoisotopic (exact) mass is 186 g/mol. The Morgan fingerprint density at radius 3 is 1.85 bits per heavy atom. The lowest BCUT2D eigenvalue weighted by Crippen LogP contribution is -2.44. The topological polar surface area (TPSA) is 29.3 Å². The molecule has 0 aromatic rings. The number of nitrogens with two attached hydrogens (primary N) is 1. The lowest BCUT2D eigenvalue weighted by atomic mass is 9.76. The Hall–Kier alpha value is -0.0800. The minimum absolute atomic E-state index is 0.240. The highest BCUT2D eigenvalue weighted by atomic mass is 15.1. The molecule has 2 nitrogen and oxygen atoms in total. The summed E-state index contributed by atoms with van der Waals surface area (Å²) in [6, 6.07) is 0. The van der Waals surface area contributed by atoms with E-state index in [4.69, 9.17) is 5.73 Å². The van der Waals surface area contributed by atoms with E-state index in [1.165, 1.54) is 0 Å². The Morgan fingerprint density at radius 1 is 1.15 bits per heavy atom. The Kier molecular flexibility index (Phi) is 4.40. The van der Waals surface area contributed by atoms with Gasteiger partial charge < -0.3 is 10.6 Å². The van der Waals surface area contributed by atoms with Crippen LogP contribution in [0, 0.1) is 5.41 Å². The maximum absolute atomic E-state index is 5.81. The van der Waals surface area contributed by atoms with Crippen molar-refractivity contribution in [2.45, 2.75) is 46.1 Å². The summed E-state index contributed by atoms with van der Waals surface area (Å²) >= 11 is 0. The van der Waals surface area contributed by atoms with Crippen LogP contribution < -0.4 is 5.73 Å². The molecule has 0 bridgehead atoms. The average Bonchev–Trinajstić information content (AvgIpc) is 2.03. The Balaban J connectivity index is 4.39. The lowest BCUT2D eigenvalue weighted by molar-refractivity contribution is 0.112. The highest BCUT2D eigenvalue weighted by molar-refractivity contribution is 4.87. The molecule has 2 heteroatoms. The van der Waals surface area contributed by atoms with Gasteiger partial charge >= 0.3 is 0 Å². The van der Waals surface area contributed by atoms with Crippen LogP contribution in [0.2, 0.25) is 0 Å². The average molecular weight is 186 g/mol. The van der Waals surface area contributed by atoms with E-state index in [1.807, 2.05) is 0 Å². The van der Waals surface area contributed by atoms with E-state index < -0.39 is 0 Å². The van der Waals surface area contributed by atoms with E-state index in [0.29, 0.717) is 0 Å². The molecule has 0 fully saturated rings. The third kappa shape index (κ3) is 3.65. The molecule has 0 saturated heterocycles. The largest absolute Gasteiger partial charge is 0.330 e. The molecule has 13 heavy (non-hydrogen) atoms. The molecule has 0 aromatic carbocycles. The first-order chi connectivity index (χ1) is 5.77. The third-order valence-corrected chi connectivity index (χ3v) is 3.42. The van der Waals surface area contributed by atoms with Crippen LogP contribution >= 0.6 is 0 Å². The van der Waals surface area contributed by atoms with Gasteiger partial charge in [0.2, 0.25) is 0 Å². The molecule has 0 rings (SSSR count). The van der Waals surface area contributed by atoms with Crippen LogP contribution in [0.3, 0.4) is 0 Å². The molecule has 0 aliphatic carbocycles. The molecule has 0 spiro atoms. The maximum Gasteiger partial charge on any atom is 0.0152 e. The molecule has 0 heterocycles. The zero-order chi connectivity index (χ0) is 10.7. The van der Waals surface area contributed by atoms with E-state index >= 15 is 0 Å². The third-order valence-electron chi connectivity index (χ3n) is 3.42. The second-order valence-electron chi connectivity index (χ2n) is 5.25. The first-order valence-electron chi connectivity index (χ1n) is 5.15. The van der Waals surface area contributed by atoms with E-state index in [9.17, 15) is 0 Å². The van der Waals surface area contributed by atoms with Crippen molar-refractivity contribution < 1.29 is 0 Å². The maximum atomic E-state index is 5.81. The molecule has 0 aliphatic heterocycles. The van der Waals surface area contributed by atoms with E-state index in [0.717, 1.165) is 19.4 Å². The number of rotatable bonds is 5. The molecule has 1 unspecified atom stereocenters. The summed E-state index contributed by atoms with van der Waals surface area (Å²) in [5.41, 5.74) is 6.33. The van der Waals surface area contributed by atoms with Crippen LogP contribution in [0.1, 0.15) is 40.5 Å². The number of hydrogen-bond donors (Lipinski definition) is 1. The smallest absolute Gasteiger partial charge is 0.0152 e. The second kappa shape index (κ2) is 4.43. The second-order valence-corrected chi connectivity index (χ2v) is 5.25. The molecule has 1 atom stereocenters. The van der Waals surface area contributed by atoms with Crippen molar-refractivity contribution in [3.63, 3.8) is 0 Å². The standard InChI is InChI=1S/C11H26N2/c1-7-11(4,9-12)8-10(2,3)13(5)6/h7-9,12H2,1-6H3. The molecule has 0 saturated carbocycles. The van der Waals surface area contributed by atoms with Gasteiger partial charge in [-0.25, -0.2) is 0 Å². The normalized spacial score (nSPS) is 17.5. The van der Waals surface area contributed by atoms with Crippen molar-refractivity contribution in [1.29, 1.82) is 0 Å². The van der Waals surface area contributed by atoms with Crippen molar-refractivity contribution >= 4 is 0 Å². The fraction of sp³-hybridized carbons (Fsp3) is 1.00. The highest BCUT2D eigenvalue weighted by Gasteiger charge is 2.31. The van der Waals surface area contributed by atoms with Gasteiger partial charge in [-0.15, -0.1) is 0 Å². The molecule has 80 valence electrons. The van der Waals surface area contributed by atoms with Crippen LogP contribution in [0.5, 0.6) is 0 Å². The highest BCUT2D eigenvalue weighted by Crippen LogP contribution is 2.32.